The Bertz CT molecular complexity index is 1240. The molecule has 0 N–H and O–H groups in total. The zero-order valence-electron chi connectivity index (χ0n) is 21.1. The fourth-order valence-electron chi connectivity index (χ4n) is 4.30. The molecule has 0 aliphatic rings. The molecular formula is C27H34BrN3O4. The molecule has 1 unspecified atom stereocenters. The Morgan fingerprint density at radius 2 is 1.86 bits per heavy atom. The molecule has 0 aliphatic carbocycles. The van der Waals surface area contributed by atoms with E-state index in [1.54, 1.807) is 41.9 Å². The lowest BCUT2D eigenvalue weighted by atomic mass is 10.1. The van der Waals surface area contributed by atoms with Crippen LogP contribution in [0.5, 0.6) is 11.5 Å². The lowest BCUT2D eigenvalue weighted by molar-refractivity contribution is -0.133. The monoisotopic (exact) mass is 543 g/mol. The second-order valence-corrected chi connectivity index (χ2v) is 9.25. The van der Waals surface area contributed by atoms with E-state index in [1.807, 2.05) is 32.0 Å². The van der Waals surface area contributed by atoms with Crippen molar-refractivity contribution in [1.29, 1.82) is 0 Å². The summed E-state index contributed by atoms with van der Waals surface area (Å²) in [5.74, 6) is 1.61. The molecular weight excluding hydrogens is 510 g/mol. The van der Waals surface area contributed by atoms with Crippen LogP contribution in [0.4, 0.5) is 0 Å². The van der Waals surface area contributed by atoms with Crippen LogP contribution in [0.1, 0.15) is 64.7 Å². The summed E-state index contributed by atoms with van der Waals surface area (Å²) in [6.07, 6.45) is 4.60. The van der Waals surface area contributed by atoms with E-state index in [2.05, 4.69) is 22.9 Å². The van der Waals surface area contributed by atoms with Crippen molar-refractivity contribution in [2.24, 2.45) is 0 Å². The number of hydrogen-bond acceptors (Lipinski definition) is 5. The topological polar surface area (TPSA) is 73.7 Å². The Morgan fingerprint density at radius 1 is 1.11 bits per heavy atom. The van der Waals surface area contributed by atoms with Gasteiger partial charge in [0, 0.05) is 25.1 Å². The van der Waals surface area contributed by atoms with Crippen molar-refractivity contribution in [3.05, 3.63) is 57.0 Å². The van der Waals surface area contributed by atoms with Gasteiger partial charge in [0.25, 0.3) is 5.56 Å². The fourth-order valence-corrected chi connectivity index (χ4v) is 4.87. The summed E-state index contributed by atoms with van der Waals surface area (Å²) in [5.41, 5.74) is 0.908. The molecule has 0 saturated heterocycles. The first kappa shape index (κ1) is 26.7. The summed E-state index contributed by atoms with van der Waals surface area (Å²) >= 11 is 3.61. The average Bonchev–Trinajstić information content (AvgIpc) is 2.87. The summed E-state index contributed by atoms with van der Waals surface area (Å²) in [5, 5.41) is 0.492. The maximum atomic E-state index is 13.8. The van der Waals surface area contributed by atoms with E-state index < -0.39 is 6.04 Å². The Labute approximate surface area is 215 Å². The van der Waals surface area contributed by atoms with Gasteiger partial charge in [0.2, 0.25) is 5.91 Å². The second-order valence-electron chi connectivity index (χ2n) is 8.46. The third-order valence-electron chi connectivity index (χ3n) is 6.24. The number of carbonyl (C=O) groups excluding carboxylic acids is 1. The van der Waals surface area contributed by atoms with E-state index in [9.17, 15) is 9.59 Å². The average molecular weight is 544 g/mol. The maximum Gasteiger partial charge on any atom is 0.266 e. The normalized spacial score (nSPS) is 11.9. The third-order valence-corrected chi connectivity index (χ3v) is 7.04. The number of rotatable bonds is 11. The first-order chi connectivity index (χ1) is 16.9. The van der Waals surface area contributed by atoms with Gasteiger partial charge in [-0.1, -0.05) is 38.3 Å². The molecule has 8 heteroatoms. The third kappa shape index (κ3) is 5.69. The molecule has 1 atom stereocenters. The summed E-state index contributed by atoms with van der Waals surface area (Å²) < 4.78 is 13.2. The highest BCUT2D eigenvalue weighted by molar-refractivity contribution is 9.10. The van der Waals surface area contributed by atoms with Gasteiger partial charge in [-0.2, -0.15) is 0 Å². The number of ether oxygens (including phenoxy) is 2. The van der Waals surface area contributed by atoms with Gasteiger partial charge in [-0.05, 0) is 48.3 Å². The van der Waals surface area contributed by atoms with E-state index in [0.717, 1.165) is 25.7 Å². The Morgan fingerprint density at radius 3 is 2.51 bits per heavy atom. The Kier molecular flexibility index (Phi) is 9.32. The van der Waals surface area contributed by atoms with Crippen LogP contribution in [0.3, 0.4) is 0 Å². The molecule has 0 saturated carbocycles. The summed E-state index contributed by atoms with van der Waals surface area (Å²) in [4.78, 5) is 33.7. The van der Waals surface area contributed by atoms with Crippen LogP contribution in [0, 0.1) is 0 Å². The minimum atomic E-state index is -0.430. The van der Waals surface area contributed by atoms with Crippen LogP contribution in [0.25, 0.3) is 16.6 Å². The number of methoxy groups -OCH3 is 2. The smallest absolute Gasteiger partial charge is 0.266 e. The molecule has 3 rings (SSSR count). The second kappa shape index (κ2) is 12.2. The summed E-state index contributed by atoms with van der Waals surface area (Å²) in [6.45, 7) is 6.54. The van der Waals surface area contributed by atoms with Crippen molar-refractivity contribution in [2.75, 3.05) is 20.8 Å². The van der Waals surface area contributed by atoms with E-state index in [-0.39, 0.29) is 11.5 Å². The first-order valence-corrected chi connectivity index (χ1v) is 12.9. The molecule has 1 aromatic heterocycles. The van der Waals surface area contributed by atoms with Crippen LogP contribution in [-0.2, 0) is 4.79 Å². The minimum Gasteiger partial charge on any atom is -0.497 e. The van der Waals surface area contributed by atoms with Gasteiger partial charge < -0.3 is 14.4 Å². The highest BCUT2D eigenvalue weighted by Crippen LogP contribution is 2.37. The number of fused-ring (bicyclic) bond motifs is 1. The number of para-hydroxylation sites is 1. The number of halogens is 1. The van der Waals surface area contributed by atoms with Gasteiger partial charge in [0.05, 0.1) is 41.3 Å². The predicted molar refractivity (Wildman–Crippen MR) is 143 cm³/mol. The molecule has 0 fully saturated rings. The van der Waals surface area contributed by atoms with Gasteiger partial charge in [-0.3, -0.25) is 14.2 Å². The SMILES string of the molecule is CCCCCCC(=O)N(CC)C(C)c1nc2ccccc2c(=O)n1-c1cc(OC)cc(OC)c1Br. The number of carbonyl (C=O) groups is 1. The molecule has 188 valence electrons. The zero-order chi connectivity index (χ0) is 25.5. The molecule has 0 radical (unpaired) electrons. The van der Waals surface area contributed by atoms with E-state index >= 15 is 0 Å². The lowest BCUT2D eigenvalue weighted by Gasteiger charge is -2.30. The van der Waals surface area contributed by atoms with Gasteiger partial charge in [-0.15, -0.1) is 0 Å². The van der Waals surface area contributed by atoms with Crippen LogP contribution in [0.2, 0.25) is 0 Å². The van der Waals surface area contributed by atoms with Crippen LogP contribution in [-0.4, -0.2) is 41.1 Å². The van der Waals surface area contributed by atoms with Gasteiger partial charge in [0.1, 0.15) is 17.3 Å². The highest BCUT2D eigenvalue weighted by atomic mass is 79.9. The largest absolute Gasteiger partial charge is 0.497 e. The van der Waals surface area contributed by atoms with Crippen molar-refractivity contribution >= 4 is 32.7 Å². The van der Waals surface area contributed by atoms with E-state index in [1.165, 1.54) is 0 Å². The Balaban J connectivity index is 2.20. The summed E-state index contributed by atoms with van der Waals surface area (Å²) in [6, 6.07) is 10.3. The molecule has 3 aromatic rings. The zero-order valence-corrected chi connectivity index (χ0v) is 22.7. The number of amides is 1. The van der Waals surface area contributed by atoms with Gasteiger partial charge in [0.15, 0.2) is 0 Å². The maximum absolute atomic E-state index is 13.8. The number of aromatic nitrogens is 2. The predicted octanol–water partition coefficient (Wildman–Crippen LogP) is 6.05. The standard InChI is InChI=1S/C27H34BrN3O4/c1-6-8-9-10-15-24(32)30(7-2)18(3)26-29-21-14-12-11-13-20(21)27(33)31(26)22-16-19(34-4)17-23(35-5)25(22)28/h11-14,16-18H,6-10,15H2,1-5H3. The van der Waals surface area contributed by atoms with Crippen molar-refractivity contribution < 1.29 is 14.3 Å². The summed E-state index contributed by atoms with van der Waals surface area (Å²) in [7, 11) is 3.12. The molecule has 1 amide bonds. The quantitative estimate of drug-likeness (QED) is 0.275. The fraction of sp³-hybridized carbons (Fsp3) is 0.444. The van der Waals surface area contributed by atoms with Crippen molar-refractivity contribution in [3.8, 4) is 17.2 Å². The molecule has 0 aliphatic heterocycles. The van der Waals surface area contributed by atoms with Crippen molar-refractivity contribution in [1.82, 2.24) is 14.5 Å². The number of hydrogen-bond donors (Lipinski definition) is 0. The number of unbranched alkanes of at least 4 members (excludes halogenated alkanes) is 3. The van der Waals surface area contributed by atoms with Crippen molar-refractivity contribution in [3.63, 3.8) is 0 Å². The molecule has 35 heavy (non-hydrogen) atoms. The number of nitrogens with zero attached hydrogens (tertiary/aromatic N) is 3. The van der Waals surface area contributed by atoms with E-state index in [4.69, 9.17) is 14.5 Å². The van der Waals surface area contributed by atoms with E-state index in [0.29, 0.717) is 51.4 Å². The minimum absolute atomic E-state index is 0.0624. The van der Waals surface area contributed by atoms with Gasteiger partial charge >= 0.3 is 0 Å². The van der Waals surface area contributed by atoms with Crippen LogP contribution >= 0.6 is 15.9 Å². The molecule has 1 heterocycles. The van der Waals surface area contributed by atoms with Crippen LogP contribution in [0.15, 0.2) is 45.7 Å². The lowest BCUT2D eigenvalue weighted by Crippen LogP contribution is -2.37. The molecule has 7 nitrogen and oxygen atoms in total. The molecule has 2 aromatic carbocycles. The molecule has 0 bridgehead atoms. The molecule has 0 spiro atoms. The first-order valence-electron chi connectivity index (χ1n) is 12.1. The Hall–Kier alpha value is -2.87. The van der Waals surface area contributed by atoms with Gasteiger partial charge in [-0.25, -0.2) is 4.98 Å². The highest BCUT2D eigenvalue weighted by Gasteiger charge is 2.27. The number of benzene rings is 2. The van der Waals surface area contributed by atoms with Crippen molar-refractivity contribution in [2.45, 2.75) is 58.9 Å². The van der Waals surface area contributed by atoms with Crippen LogP contribution < -0.4 is 15.0 Å².